The Morgan fingerprint density at radius 1 is 1.08 bits per heavy atom. The first-order valence-corrected chi connectivity index (χ1v) is 9.24. The lowest BCUT2D eigenvalue weighted by atomic mass is 9.90. The van der Waals surface area contributed by atoms with Crippen molar-refractivity contribution in [1.82, 2.24) is 4.90 Å². The molecule has 5 heteroatoms. The molecule has 0 atom stereocenters. The van der Waals surface area contributed by atoms with Crippen molar-refractivity contribution in [2.45, 2.75) is 19.3 Å². The van der Waals surface area contributed by atoms with Crippen molar-refractivity contribution in [3.05, 3.63) is 58.6 Å². The third kappa shape index (κ3) is 4.31. The van der Waals surface area contributed by atoms with Gasteiger partial charge in [-0.2, -0.15) is 0 Å². The summed E-state index contributed by atoms with van der Waals surface area (Å²) in [4.78, 5) is 14.5. The van der Waals surface area contributed by atoms with Crippen molar-refractivity contribution in [2.24, 2.45) is 5.92 Å². The van der Waals surface area contributed by atoms with Crippen LogP contribution in [0.25, 0.3) is 0 Å². The van der Waals surface area contributed by atoms with Crippen LogP contribution in [0.1, 0.15) is 28.8 Å². The first-order chi connectivity index (χ1) is 12.6. The molecule has 1 aliphatic rings. The van der Waals surface area contributed by atoms with Gasteiger partial charge in [0.2, 0.25) is 0 Å². The Labute approximate surface area is 159 Å². The number of hydrogen-bond donors (Lipinski definition) is 0. The van der Waals surface area contributed by atoms with Crippen LogP contribution >= 0.6 is 11.6 Å². The molecule has 1 aliphatic heterocycles. The van der Waals surface area contributed by atoms with Crippen LogP contribution in [0.2, 0.25) is 5.02 Å². The van der Waals surface area contributed by atoms with Crippen LogP contribution in [0.4, 0.5) is 0 Å². The molecule has 0 radical (unpaired) electrons. The highest BCUT2D eigenvalue weighted by Crippen LogP contribution is 2.30. The quantitative estimate of drug-likeness (QED) is 0.777. The molecule has 2 aromatic rings. The van der Waals surface area contributed by atoms with Crippen molar-refractivity contribution in [1.29, 1.82) is 0 Å². The lowest BCUT2D eigenvalue weighted by molar-refractivity contribution is 0.0690. The minimum Gasteiger partial charge on any atom is -0.493 e. The fourth-order valence-electron chi connectivity index (χ4n) is 3.49. The van der Waals surface area contributed by atoms with Crippen molar-refractivity contribution in [2.75, 3.05) is 27.3 Å². The van der Waals surface area contributed by atoms with Gasteiger partial charge < -0.3 is 14.4 Å². The SMILES string of the molecule is COc1ccc(CC2CCN(C(=O)c3cccc(Cl)c3)CC2)cc1OC. The number of amides is 1. The minimum absolute atomic E-state index is 0.0667. The molecular formula is C21H24ClNO3. The number of carbonyl (C=O) groups excluding carboxylic acids is 1. The molecule has 0 bridgehead atoms. The van der Waals surface area contributed by atoms with E-state index in [2.05, 4.69) is 6.07 Å². The van der Waals surface area contributed by atoms with E-state index < -0.39 is 0 Å². The van der Waals surface area contributed by atoms with Crippen LogP contribution in [0.15, 0.2) is 42.5 Å². The third-order valence-corrected chi connectivity index (χ3v) is 5.18. The van der Waals surface area contributed by atoms with E-state index in [1.54, 1.807) is 26.4 Å². The van der Waals surface area contributed by atoms with Gasteiger partial charge in [0.25, 0.3) is 5.91 Å². The zero-order chi connectivity index (χ0) is 18.5. The molecule has 0 saturated carbocycles. The Balaban J connectivity index is 1.58. The predicted molar refractivity (Wildman–Crippen MR) is 103 cm³/mol. The summed E-state index contributed by atoms with van der Waals surface area (Å²) in [6, 6.07) is 13.2. The zero-order valence-corrected chi connectivity index (χ0v) is 16.0. The first kappa shape index (κ1) is 18.6. The second-order valence-electron chi connectivity index (χ2n) is 6.64. The summed E-state index contributed by atoms with van der Waals surface area (Å²) in [5, 5.41) is 0.596. The van der Waals surface area contributed by atoms with E-state index >= 15 is 0 Å². The molecule has 0 spiro atoms. The molecule has 0 unspecified atom stereocenters. The number of hydrogen-bond acceptors (Lipinski definition) is 3. The largest absolute Gasteiger partial charge is 0.493 e. The van der Waals surface area contributed by atoms with E-state index in [4.69, 9.17) is 21.1 Å². The van der Waals surface area contributed by atoms with Gasteiger partial charge in [0.15, 0.2) is 11.5 Å². The van der Waals surface area contributed by atoms with Gasteiger partial charge in [0.05, 0.1) is 14.2 Å². The molecule has 0 aromatic heterocycles. The van der Waals surface area contributed by atoms with Gasteiger partial charge in [-0.1, -0.05) is 23.7 Å². The third-order valence-electron chi connectivity index (χ3n) is 4.95. The number of carbonyl (C=O) groups is 1. The number of halogens is 1. The molecule has 1 fully saturated rings. The average Bonchev–Trinajstić information content (AvgIpc) is 2.68. The number of nitrogens with zero attached hydrogens (tertiary/aromatic N) is 1. The summed E-state index contributed by atoms with van der Waals surface area (Å²) in [7, 11) is 3.30. The molecule has 0 aliphatic carbocycles. The van der Waals surface area contributed by atoms with Gasteiger partial charge in [-0.3, -0.25) is 4.79 Å². The number of methoxy groups -OCH3 is 2. The average molecular weight is 374 g/mol. The summed E-state index contributed by atoms with van der Waals surface area (Å²) in [6.07, 6.45) is 2.99. The molecule has 1 saturated heterocycles. The van der Waals surface area contributed by atoms with Crippen molar-refractivity contribution in [3.8, 4) is 11.5 Å². The fraction of sp³-hybridized carbons (Fsp3) is 0.381. The van der Waals surface area contributed by atoms with Crippen molar-refractivity contribution >= 4 is 17.5 Å². The number of ether oxygens (including phenoxy) is 2. The van der Waals surface area contributed by atoms with Crippen LogP contribution in [0.5, 0.6) is 11.5 Å². The Hall–Kier alpha value is -2.20. The summed E-state index contributed by atoms with van der Waals surface area (Å²) >= 11 is 6.00. The second-order valence-corrected chi connectivity index (χ2v) is 7.08. The molecule has 1 heterocycles. The lowest BCUT2D eigenvalue weighted by Gasteiger charge is -2.32. The van der Waals surface area contributed by atoms with Crippen LogP contribution in [0, 0.1) is 5.92 Å². The highest BCUT2D eigenvalue weighted by atomic mass is 35.5. The number of benzene rings is 2. The van der Waals surface area contributed by atoms with Crippen LogP contribution in [-0.4, -0.2) is 38.1 Å². The van der Waals surface area contributed by atoms with Gasteiger partial charge in [0, 0.05) is 23.7 Å². The minimum atomic E-state index is 0.0667. The number of likely N-dealkylation sites (tertiary alicyclic amines) is 1. The topological polar surface area (TPSA) is 38.8 Å². The van der Waals surface area contributed by atoms with Crippen LogP contribution in [-0.2, 0) is 6.42 Å². The second kappa shape index (κ2) is 8.45. The van der Waals surface area contributed by atoms with Crippen LogP contribution < -0.4 is 9.47 Å². The summed E-state index contributed by atoms with van der Waals surface area (Å²) < 4.78 is 10.7. The molecule has 1 amide bonds. The highest BCUT2D eigenvalue weighted by molar-refractivity contribution is 6.30. The van der Waals surface area contributed by atoms with Crippen LogP contribution in [0.3, 0.4) is 0 Å². The zero-order valence-electron chi connectivity index (χ0n) is 15.2. The van der Waals surface area contributed by atoms with Gasteiger partial charge in [-0.15, -0.1) is 0 Å². The Kier molecular flexibility index (Phi) is 6.04. The normalized spacial score (nSPS) is 15.0. The summed E-state index contributed by atoms with van der Waals surface area (Å²) in [5.74, 6) is 2.14. The molecule has 4 nitrogen and oxygen atoms in total. The van der Waals surface area contributed by atoms with Gasteiger partial charge in [-0.25, -0.2) is 0 Å². The lowest BCUT2D eigenvalue weighted by Crippen LogP contribution is -2.38. The molecular weight excluding hydrogens is 350 g/mol. The molecule has 2 aromatic carbocycles. The predicted octanol–water partition coefficient (Wildman–Crippen LogP) is 4.45. The molecule has 26 heavy (non-hydrogen) atoms. The van der Waals surface area contributed by atoms with E-state index in [0.717, 1.165) is 43.9 Å². The van der Waals surface area contributed by atoms with Crippen molar-refractivity contribution < 1.29 is 14.3 Å². The fourth-order valence-corrected chi connectivity index (χ4v) is 3.68. The van der Waals surface area contributed by atoms with E-state index in [-0.39, 0.29) is 5.91 Å². The van der Waals surface area contributed by atoms with E-state index in [9.17, 15) is 4.79 Å². The number of rotatable bonds is 5. The first-order valence-electron chi connectivity index (χ1n) is 8.86. The maximum absolute atomic E-state index is 12.6. The Morgan fingerprint density at radius 2 is 1.81 bits per heavy atom. The Morgan fingerprint density at radius 3 is 2.46 bits per heavy atom. The van der Waals surface area contributed by atoms with E-state index in [1.165, 1.54) is 5.56 Å². The monoisotopic (exact) mass is 373 g/mol. The van der Waals surface area contributed by atoms with E-state index in [0.29, 0.717) is 16.5 Å². The molecule has 0 N–H and O–H groups in total. The van der Waals surface area contributed by atoms with Crippen molar-refractivity contribution in [3.63, 3.8) is 0 Å². The maximum Gasteiger partial charge on any atom is 0.253 e. The summed E-state index contributed by atoms with van der Waals surface area (Å²) in [6.45, 7) is 1.56. The van der Waals surface area contributed by atoms with Gasteiger partial charge in [0.1, 0.15) is 0 Å². The smallest absolute Gasteiger partial charge is 0.253 e. The van der Waals surface area contributed by atoms with Gasteiger partial charge in [-0.05, 0) is 61.1 Å². The maximum atomic E-state index is 12.6. The molecule has 3 rings (SSSR count). The van der Waals surface area contributed by atoms with E-state index in [1.807, 2.05) is 29.2 Å². The standard InChI is InChI=1S/C21H24ClNO3/c1-25-19-7-6-16(13-20(19)26-2)12-15-8-10-23(11-9-15)21(24)17-4-3-5-18(22)14-17/h3-7,13-15H,8-12H2,1-2H3. The number of piperidine rings is 1. The van der Waals surface area contributed by atoms with Gasteiger partial charge >= 0.3 is 0 Å². The summed E-state index contributed by atoms with van der Waals surface area (Å²) in [5.41, 5.74) is 1.90. The Bertz CT molecular complexity index is 770. The molecule has 138 valence electrons. The highest BCUT2D eigenvalue weighted by Gasteiger charge is 2.24.